The number of rotatable bonds is 5. The predicted octanol–water partition coefficient (Wildman–Crippen LogP) is 3.01. The molecule has 2 aromatic rings. The van der Waals surface area contributed by atoms with E-state index in [0.29, 0.717) is 0 Å². The van der Waals surface area contributed by atoms with E-state index < -0.39 is 0 Å². The number of thiophene rings is 1. The van der Waals surface area contributed by atoms with Crippen LogP contribution in [-0.4, -0.2) is 15.6 Å². The predicted molar refractivity (Wildman–Crippen MR) is 73.2 cm³/mol. The topological polar surface area (TPSA) is 29.9 Å². The number of hydrogen-bond acceptors (Lipinski definition) is 3. The molecule has 0 aliphatic heterocycles. The Balaban J connectivity index is 1.69. The van der Waals surface area contributed by atoms with E-state index in [4.69, 9.17) is 0 Å². The maximum absolute atomic E-state index is 4.42. The van der Waals surface area contributed by atoms with Crippen molar-refractivity contribution in [2.75, 3.05) is 0 Å². The Kier molecular flexibility index (Phi) is 3.31. The molecule has 0 radical (unpaired) electrons. The second-order valence-electron chi connectivity index (χ2n) is 4.32. The third kappa shape index (κ3) is 2.78. The lowest BCUT2D eigenvalue weighted by atomic mass is 10.4. The van der Waals surface area contributed by atoms with Gasteiger partial charge in [-0.1, -0.05) is 0 Å². The highest BCUT2D eigenvalue weighted by molar-refractivity contribution is 9.10. The third-order valence-corrected chi connectivity index (χ3v) is 4.84. The molecule has 17 heavy (non-hydrogen) atoms. The summed E-state index contributed by atoms with van der Waals surface area (Å²) in [7, 11) is 0. The van der Waals surface area contributed by atoms with Crippen LogP contribution >= 0.6 is 27.3 Å². The fourth-order valence-electron chi connectivity index (χ4n) is 1.77. The molecule has 2 heterocycles. The molecule has 0 unspecified atom stereocenters. The standard InChI is InChI=1S/C12H14BrN3S/c13-10-3-6-17-11(10)8-16-5-4-14-12(16)7-15-9-1-2-9/h3-6,9,15H,1-2,7-8H2. The van der Waals surface area contributed by atoms with Crippen LogP contribution in [0.25, 0.3) is 0 Å². The highest BCUT2D eigenvalue weighted by Gasteiger charge is 2.20. The molecule has 2 aromatic heterocycles. The highest BCUT2D eigenvalue weighted by Crippen LogP contribution is 2.24. The van der Waals surface area contributed by atoms with Gasteiger partial charge in [0.15, 0.2) is 0 Å². The Labute approximate surface area is 113 Å². The fraction of sp³-hybridized carbons (Fsp3) is 0.417. The lowest BCUT2D eigenvalue weighted by Gasteiger charge is -2.07. The van der Waals surface area contributed by atoms with Crippen molar-refractivity contribution in [3.63, 3.8) is 0 Å². The minimum absolute atomic E-state index is 0.730. The van der Waals surface area contributed by atoms with Crippen molar-refractivity contribution in [1.82, 2.24) is 14.9 Å². The van der Waals surface area contributed by atoms with Gasteiger partial charge < -0.3 is 9.88 Å². The zero-order valence-electron chi connectivity index (χ0n) is 9.40. The van der Waals surface area contributed by atoms with Crippen molar-refractivity contribution in [3.05, 3.63) is 39.0 Å². The number of imidazole rings is 1. The first-order valence-corrected chi connectivity index (χ1v) is 7.45. The van der Waals surface area contributed by atoms with Gasteiger partial charge in [0.1, 0.15) is 5.82 Å². The molecule has 0 saturated heterocycles. The Hall–Kier alpha value is -0.650. The van der Waals surface area contributed by atoms with E-state index >= 15 is 0 Å². The van der Waals surface area contributed by atoms with Crippen LogP contribution in [0.15, 0.2) is 28.3 Å². The normalized spacial score (nSPS) is 15.4. The van der Waals surface area contributed by atoms with Crippen molar-refractivity contribution >= 4 is 27.3 Å². The van der Waals surface area contributed by atoms with Crippen LogP contribution in [0.4, 0.5) is 0 Å². The van der Waals surface area contributed by atoms with Crippen LogP contribution in [0.2, 0.25) is 0 Å². The zero-order chi connectivity index (χ0) is 11.7. The smallest absolute Gasteiger partial charge is 0.122 e. The number of nitrogens with zero attached hydrogens (tertiary/aromatic N) is 2. The summed E-state index contributed by atoms with van der Waals surface area (Å²) in [6, 6.07) is 2.83. The van der Waals surface area contributed by atoms with Crippen LogP contribution in [0.3, 0.4) is 0 Å². The third-order valence-electron chi connectivity index (χ3n) is 2.93. The lowest BCUT2D eigenvalue weighted by molar-refractivity contribution is 0.620. The number of nitrogens with one attached hydrogen (secondary N) is 1. The number of aromatic nitrogens is 2. The summed E-state index contributed by atoms with van der Waals surface area (Å²) >= 11 is 5.35. The summed E-state index contributed by atoms with van der Waals surface area (Å²) in [5, 5.41) is 5.61. The molecule has 1 N–H and O–H groups in total. The molecule has 0 spiro atoms. The molecule has 0 aromatic carbocycles. The summed E-state index contributed by atoms with van der Waals surface area (Å²) in [6.07, 6.45) is 6.57. The molecule has 1 saturated carbocycles. The van der Waals surface area contributed by atoms with Gasteiger partial charge in [-0.2, -0.15) is 0 Å². The summed E-state index contributed by atoms with van der Waals surface area (Å²) < 4.78 is 3.41. The van der Waals surface area contributed by atoms with Crippen molar-refractivity contribution < 1.29 is 0 Å². The molecule has 90 valence electrons. The Morgan fingerprint density at radius 3 is 3.12 bits per heavy atom. The molecular formula is C12H14BrN3S. The van der Waals surface area contributed by atoms with Gasteiger partial charge in [0.05, 0.1) is 13.1 Å². The van der Waals surface area contributed by atoms with E-state index in [-0.39, 0.29) is 0 Å². The quantitative estimate of drug-likeness (QED) is 0.920. The van der Waals surface area contributed by atoms with Gasteiger partial charge in [-0.3, -0.25) is 0 Å². The summed E-state index contributed by atoms with van der Waals surface area (Å²) in [5.74, 6) is 1.12. The van der Waals surface area contributed by atoms with Gasteiger partial charge in [-0.15, -0.1) is 11.3 Å². The van der Waals surface area contributed by atoms with Crippen LogP contribution in [-0.2, 0) is 13.1 Å². The zero-order valence-corrected chi connectivity index (χ0v) is 11.8. The van der Waals surface area contributed by atoms with E-state index in [1.54, 1.807) is 11.3 Å². The minimum Gasteiger partial charge on any atom is -0.329 e. The van der Waals surface area contributed by atoms with E-state index in [0.717, 1.165) is 25.0 Å². The lowest BCUT2D eigenvalue weighted by Crippen LogP contribution is -2.19. The maximum Gasteiger partial charge on any atom is 0.122 e. The Morgan fingerprint density at radius 1 is 1.53 bits per heavy atom. The van der Waals surface area contributed by atoms with Gasteiger partial charge in [0.2, 0.25) is 0 Å². The first-order valence-electron chi connectivity index (χ1n) is 5.78. The van der Waals surface area contributed by atoms with Crippen LogP contribution in [0.1, 0.15) is 23.5 Å². The molecular weight excluding hydrogens is 298 g/mol. The molecule has 1 aliphatic rings. The van der Waals surface area contributed by atoms with E-state index in [2.05, 4.69) is 48.4 Å². The summed E-state index contributed by atoms with van der Waals surface area (Å²) in [4.78, 5) is 5.76. The van der Waals surface area contributed by atoms with Gasteiger partial charge >= 0.3 is 0 Å². The van der Waals surface area contributed by atoms with Crippen LogP contribution in [0, 0.1) is 0 Å². The van der Waals surface area contributed by atoms with Crippen LogP contribution in [0.5, 0.6) is 0 Å². The first-order chi connectivity index (χ1) is 8.33. The molecule has 5 heteroatoms. The molecule has 0 atom stereocenters. The summed E-state index contributed by atoms with van der Waals surface area (Å²) in [5.41, 5.74) is 0. The second kappa shape index (κ2) is 4.92. The minimum atomic E-state index is 0.730. The average Bonchev–Trinajstić information content (AvgIpc) is 2.92. The molecule has 1 fully saturated rings. The molecule has 0 amide bonds. The van der Waals surface area contributed by atoms with E-state index in [1.807, 2.05) is 6.20 Å². The Morgan fingerprint density at radius 2 is 2.41 bits per heavy atom. The van der Waals surface area contributed by atoms with Crippen molar-refractivity contribution in [2.45, 2.75) is 32.0 Å². The molecule has 0 bridgehead atoms. The monoisotopic (exact) mass is 311 g/mol. The van der Waals surface area contributed by atoms with Crippen LogP contribution < -0.4 is 5.32 Å². The van der Waals surface area contributed by atoms with Crippen molar-refractivity contribution in [2.24, 2.45) is 0 Å². The SMILES string of the molecule is Brc1ccsc1Cn1ccnc1CNC1CC1. The number of hydrogen-bond donors (Lipinski definition) is 1. The Bertz CT molecular complexity index is 501. The van der Waals surface area contributed by atoms with Gasteiger partial charge in [-0.25, -0.2) is 4.98 Å². The fourth-order valence-corrected chi connectivity index (χ4v) is 3.24. The van der Waals surface area contributed by atoms with Gasteiger partial charge in [0.25, 0.3) is 0 Å². The molecule has 3 rings (SSSR count). The summed E-state index contributed by atoms with van der Waals surface area (Å²) in [6.45, 7) is 1.78. The largest absolute Gasteiger partial charge is 0.329 e. The molecule has 1 aliphatic carbocycles. The van der Waals surface area contributed by atoms with Gasteiger partial charge in [-0.05, 0) is 40.2 Å². The average molecular weight is 312 g/mol. The van der Waals surface area contributed by atoms with Crippen molar-refractivity contribution in [1.29, 1.82) is 0 Å². The van der Waals surface area contributed by atoms with E-state index in [9.17, 15) is 0 Å². The number of halogens is 1. The van der Waals surface area contributed by atoms with Crippen molar-refractivity contribution in [3.8, 4) is 0 Å². The highest BCUT2D eigenvalue weighted by atomic mass is 79.9. The first kappa shape index (κ1) is 11.4. The van der Waals surface area contributed by atoms with Gasteiger partial charge in [0, 0.05) is 27.8 Å². The maximum atomic E-state index is 4.42. The van der Waals surface area contributed by atoms with E-state index in [1.165, 1.54) is 22.2 Å². The molecule has 3 nitrogen and oxygen atoms in total. The second-order valence-corrected chi connectivity index (χ2v) is 6.17.